The zero-order chi connectivity index (χ0) is 10.5. The Kier molecular flexibility index (Phi) is 14.0. The summed E-state index contributed by atoms with van der Waals surface area (Å²) in [6.07, 6.45) is 16.6. The lowest BCUT2D eigenvalue weighted by molar-refractivity contribution is 0.652. The Hall–Kier alpha value is 0.500. The van der Waals surface area contributed by atoms with Gasteiger partial charge in [-0.1, -0.05) is 59.7 Å². The fourth-order valence-corrected chi connectivity index (χ4v) is 1.73. The van der Waals surface area contributed by atoms with Gasteiger partial charge in [0.15, 0.2) is 0 Å². The van der Waals surface area contributed by atoms with Crippen molar-refractivity contribution in [1.82, 2.24) is 0 Å². The van der Waals surface area contributed by atoms with Crippen LogP contribution in [0.4, 0.5) is 0 Å². The Balaban J connectivity index is 2.99. The van der Waals surface area contributed by atoms with Crippen molar-refractivity contribution < 1.29 is 0 Å². The van der Waals surface area contributed by atoms with Crippen LogP contribution in [0, 0.1) is 0 Å². The van der Waals surface area contributed by atoms with Crippen LogP contribution in [0.2, 0.25) is 0 Å². The van der Waals surface area contributed by atoms with Crippen LogP contribution < -0.4 is 0 Å². The topological polar surface area (TPSA) is 0 Å². The Morgan fingerprint density at radius 1 is 0.786 bits per heavy atom. The van der Waals surface area contributed by atoms with Gasteiger partial charge in [-0.05, 0) is 25.7 Å². The van der Waals surface area contributed by atoms with Crippen LogP contribution in [0.3, 0.4) is 0 Å². The summed E-state index contributed by atoms with van der Waals surface area (Å²) >= 11 is 7.89. The second kappa shape index (κ2) is 13.5. The maximum atomic E-state index is 5.52. The van der Waals surface area contributed by atoms with Gasteiger partial charge in [-0.15, -0.1) is 11.6 Å². The summed E-state index contributed by atoms with van der Waals surface area (Å²) < 4.78 is 1.14. The molecule has 0 aromatic heterocycles. The van der Waals surface area contributed by atoms with E-state index in [2.05, 4.69) is 40.8 Å². The molecule has 0 bridgehead atoms. The Morgan fingerprint density at radius 2 is 1.36 bits per heavy atom. The second-order valence-electron chi connectivity index (χ2n) is 3.24. The first kappa shape index (κ1) is 14.5. The fraction of sp³-hybridized carbons (Fsp3) is 0.667. The Morgan fingerprint density at radius 3 is 1.86 bits per heavy atom. The van der Waals surface area contributed by atoms with Gasteiger partial charge < -0.3 is 0 Å². The standard InChI is InChI=1S/C12H20ClI/c13-11-9-7-5-3-1-2-4-6-8-10-12-14/h7-10H,1-6,11-12H2/b9-7+,10-8+. The van der Waals surface area contributed by atoms with Crippen molar-refractivity contribution in [3.8, 4) is 0 Å². The maximum Gasteiger partial charge on any atom is 0.0404 e. The van der Waals surface area contributed by atoms with Crippen molar-refractivity contribution in [2.45, 2.75) is 38.5 Å². The molecule has 0 aromatic carbocycles. The number of halogens is 2. The molecule has 14 heavy (non-hydrogen) atoms. The molecule has 0 unspecified atom stereocenters. The molecule has 2 heteroatoms. The van der Waals surface area contributed by atoms with Gasteiger partial charge in [0.2, 0.25) is 0 Å². The van der Waals surface area contributed by atoms with Crippen LogP contribution in [-0.4, -0.2) is 10.3 Å². The minimum atomic E-state index is 0.654. The normalized spacial score (nSPS) is 11.9. The summed E-state index contributed by atoms with van der Waals surface area (Å²) in [7, 11) is 0. The highest BCUT2D eigenvalue weighted by atomic mass is 127. The molecule has 0 saturated heterocycles. The summed E-state index contributed by atoms with van der Waals surface area (Å²) in [5, 5.41) is 0. The lowest BCUT2D eigenvalue weighted by atomic mass is 10.1. The molecule has 0 amide bonds. The van der Waals surface area contributed by atoms with E-state index in [9.17, 15) is 0 Å². The SMILES string of the molecule is ClC/C=C/CCCCCC/C=C/CI. The zero-order valence-electron chi connectivity index (χ0n) is 8.72. The number of rotatable bonds is 9. The summed E-state index contributed by atoms with van der Waals surface area (Å²) in [5.41, 5.74) is 0. The largest absolute Gasteiger partial charge is 0.122 e. The molecule has 82 valence electrons. The van der Waals surface area contributed by atoms with E-state index in [4.69, 9.17) is 11.6 Å². The monoisotopic (exact) mass is 326 g/mol. The van der Waals surface area contributed by atoms with E-state index in [-0.39, 0.29) is 0 Å². The van der Waals surface area contributed by atoms with E-state index in [0.29, 0.717) is 5.88 Å². The number of allylic oxidation sites excluding steroid dienone is 4. The lowest BCUT2D eigenvalue weighted by Crippen LogP contribution is -1.77. The van der Waals surface area contributed by atoms with Gasteiger partial charge in [0.1, 0.15) is 0 Å². The first-order valence-electron chi connectivity index (χ1n) is 5.33. The smallest absolute Gasteiger partial charge is 0.0404 e. The minimum Gasteiger partial charge on any atom is -0.122 e. The molecular formula is C12H20ClI. The van der Waals surface area contributed by atoms with Gasteiger partial charge in [-0.3, -0.25) is 0 Å². The summed E-state index contributed by atoms with van der Waals surface area (Å²) in [4.78, 5) is 0. The third-order valence-corrected chi connectivity index (χ3v) is 2.69. The van der Waals surface area contributed by atoms with E-state index in [1.165, 1.54) is 38.5 Å². The predicted molar refractivity (Wildman–Crippen MR) is 75.6 cm³/mol. The van der Waals surface area contributed by atoms with Crippen LogP contribution >= 0.6 is 34.2 Å². The molecule has 0 heterocycles. The van der Waals surface area contributed by atoms with Crippen molar-refractivity contribution >= 4 is 34.2 Å². The number of hydrogen-bond acceptors (Lipinski definition) is 0. The van der Waals surface area contributed by atoms with Crippen LogP contribution in [0.5, 0.6) is 0 Å². The van der Waals surface area contributed by atoms with Gasteiger partial charge >= 0.3 is 0 Å². The van der Waals surface area contributed by atoms with Crippen LogP contribution in [0.25, 0.3) is 0 Å². The van der Waals surface area contributed by atoms with Crippen LogP contribution in [0.1, 0.15) is 38.5 Å². The number of unbranched alkanes of at least 4 members (excludes halogenated alkanes) is 5. The van der Waals surface area contributed by atoms with Gasteiger partial charge in [0.05, 0.1) is 0 Å². The summed E-state index contributed by atoms with van der Waals surface area (Å²) in [6, 6.07) is 0. The highest BCUT2D eigenvalue weighted by Gasteiger charge is 1.87. The first-order chi connectivity index (χ1) is 6.91. The average Bonchev–Trinajstić information content (AvgIpc) is 2.21. The molecular weight excluding hydrogens is 306 g/mol. The van der Waals surface area contributed by atoms with Gasteiger partial charge in [-0.2, -0.15) is 0 Å². The van der Waals surface area contributed by atoms with Gasteiger partial charge in [-0.25, -0.2) is 0 Å². The van der Waals surface area contributed by atoms with Crippen LogP contribution in [-0.2, 0) is 0 Å². The summed E-state index contributed by atoms with van der Waals surface area (Å²) in [5.74, 6) is 0.654. The second-order valence-corrected chi connectivity index (χ2v) is 4.43. The van der Waals surface area contributed by atoms with Crippen LogP contribution in [0.15, 0.2) is 24.3 Å². The van der Waals surface area contributed by atoms with Crippen molar-refractivity contribution in [2.75, 3.05) is 10.3 Å². The van der Waals surface area contributed by atoms with Gasteiger partial charge in [0.25, 0.3) is 0 Å². The Labute approximate surface area is 107 Å². The van der Waals surface area contributed by atoms with E-state index >= 15 is 0 Å². The van der Waals surface area contributed by atoms with E-state index in [1.807, 2.05) is 6.08 Å². The summed E-state index contributed by atoms with van der Waals surface area (Å²) in [6.45, 7) is 0. The van der Waals surface area contributed by atoms with Crippen molar-refractivity contribution in [3.05, 3.63) is 24.3 Å². The maximum absolute atomic E-state index is 5.52. The number of alkyl halides is 2. The van der Waals surface area contributed by atoms with Crippen molar-refractivity contribution in [1.29, 1.82) is 0 Å². The van der Waals surface area contributed by atoms with Gasteiger partial charge in [0, 0.05) is 10.3 Å². The molecule has 0 atom stereocenters. The minimum absolute atomic E-state index is 0.654. The predicted octanol–water partition coefficient (Wildman–Crippen LogP) is 5.11. The fourth-order valence-electron chi connectivity index (χ4n) is 1.24. The lowest BCUT2D eigenvalue weighted by Gasteiger charge is -1.96. The molecule has 0 spiro atoms. The zero-order valence-corrected chi connectivity index (χ0v) is 11.6. The van der Waals surface area contributed by atoms with E-state index < -0.39 is 0 Å². The highest BCUT2D eigenvalue weighted by molar-refractivity contribution is 14.1. The van der Waals surface area contributed by atoms with E-state index in [1.54, 1.807) is 0 Å². The highest BCUT2D eigenvalue weighted by Crippen LogP contribution is 2.06. The molecule has 0 aliphatic heterocycles. The van der Waals surface area contributed by atoms with E-state index in [0.717, 1.165) is 4.43 Å². The number of hydrogen-bond donors (Lipinski definition) is 0. The molecule has 0 nitrogen and oxygen atoms in total. The first-order valence-corrected chi connectivity index (χ1v) is 7.39. The molecule has 0 aromatic rings. The average molecular weight is 327 g/mol. The van der Waals surface area contributed by atoms with Crippen molar-refractivity contribution in [2.24, 2.45) is 0 Å². The molecule has 0 N–H and O–H groups in total. The third kappa shape index (κ3) is 12.5. The molecule has 0 aliphatic carbocycles. The molecule has 0 aliphatic rings. The molecule has 0 radical (unpaired) electrons. The third-order valence-electron chi connectivity index (χ3n) is 2.00. The molecule has 0 rings (SSSR count). The molecule has 0 saturated carbocycles. The molecule has 0 fully saturated rings. The quantitative estimate of drug-likeness (QED) is 0.239. The van der Waals surface area contributed by atoms with Crippen molar-refractivity contribution in [3.63, 3.8) is 0 Å². The Bertz CT molecular complexity index is 134.